The molecule has 2 saturated heterocycles. The monoisotopic (exact) mass is 808 g/mol. The number of carbonyl (C=O) groups excluding carboxylic acids is 4. The van der Waals surface area contributed by atoms with Gasteiger partial charge in [-0.05, 0) is 55.7 Å². The molecule has 1 unspecified atom stereocenters. The van der Waals surface area contributed by atoms with Gasteiger partial charge in [-0.3, -0.25) is 34.4 Å². The highest BCUT2D eigenvalue weighted by Crippen LogP contribution is 2.37. The fourth-order valence-electron chi connectivity index (χ4n) is 8.21. The Morgan fingerprint density at radius 1 is 0.797 bits per heavy atom. The average molecular weight is 809 g/mol. The highest BCUT2D eigenvalue weighted by molar-refractivity contribution is 6.23. The Morgan fingerprint density at radius 2 is 1.56 bits per heavy atom. The number of amides is 4. The number of nitrogens with zero attached hydrogens (tertiary/aromatic N) is 5. The summed E-state index contributed by atoms with van der Waals surface area (Å²) >= 11 is 0. The Kier molecular flexibility index (Phi) is 10.5. The number of hydrogen-bond acceptors (Lipinski definition) is 11. The summed E-state index contributed by atoms with van der Waals surface area (Å²) < 4.78 is 56.1. The molecule has 0 bridgehead atoms. The second-order valence-corrected chi connectivity index (χ2v) is 15.4. The first-order chi connectivity index (χ1) is 28.6. The number of anilines is 1. The number of aryl methyl sites for hydroxylation is 1. The molecule has 14 nitrogen and oxygen atoms in total. The molecule has 6 heterocycles. The van der Waals surface area contributed by atoms with Crippen LogP contribution in [0.1, 0.15) is 59.2 Å². The molecule has 1 saturated carbocycles. The van der Waals surface area contributed by atoms with E-state index >= 15 is 8.78 Å². The van der Waals surface area contributed by atoms with Gasteiger partial charge < -0.3 is 28.4 Å². The molecule has 1 aliphatic carbocycles. The van der Waals surface area contributed by atoms with Crippen molar-refractivity contribution in [2.45, 2.75) is 62.9 Å². The minimum absolute atomic E-state index is 0.0339. The minimum atomic E-state index is -0.989. The van der Waals surface area contributed by atoms with Crippen molar-refractivity contribution < 1.29 is 46.9 Å². The van der Waals surface area contributed by atoms with Crippen molar-refractivity contribution in [1.29, 1.82) is 0 Å². The van der Waals surface area contributed by atoms with Crippen LogP contribution in [-0.2, 0) is 30.8 Å². The quantitative estimate of drug-likeness (QED) is 0.111. The number of nitrogens with one attached hydrogen (secondary N) is 1. The molecule has 3 fully saturated rings. The van der Waals surface area contributed by atoms with Gasteiger partial charge in [-0.1, -0.05) is 0 Å². The van der Waals surface area contributed by atoms with Crippen molar-refractivity contribution in [3.63, 3.8) is 0 Å². The van der Waals surface area contributed by atoms with Gasteiger partial charge in [-0.25, -0.2) is 13.8 Å². The SMILES string of the molecule is Cn1c2ccncc2c2c(F)c(F)c(-c3ccc(O[C@H]4C[C@H](OCCCOCCCOC5CN(c6ccc7c(c6)C(=O)N(C6CCC(=O)NC6=O)C7=O)C5)C4)nc3)cc21. The molecule has 4 aliphatic rings. The Morgan fingerprint density at radius 3 is 2.31 bits per heavy atom. The number of halogens is 2. The van der Waals surface area contributed by atoms with Crippen LogP contribution in [0.2, 0.25) is 0 Å². The van der Waals surface area contributed by atoms with Crippen LogP contribution < -0.4 is 15.0 Å². The molecule has 0 spiro atoms. The molecular formula is C43H42F2N6O8. The van der Waals surface area contributed by atoms with E-state index in [1.54, 1.807) is 54.9 Å². The molecule has 9 rings (SSSR count). The van der Waals surface area contributed by atoms with Gasteiger partial charge in [0, 0.05) is 118 Å². The summed E-state index contributed by atoms with van der Waals surface area (Å²) in [7, 11) is 1.82. The number of pyridine rings is 2. The average Bonchev–Trinajstić information content (AvgIpc) is 3.63. The van der Waals surface area contributed by atoms with E-state index in [9.17, 15) is 19.2 Å². The molecule has 59 heavy (non-hydrogen) atoms. The lowest BCUT2D eigenvalue weighted by Gasteiger charge is -2.40. The lowest BCUT2D eigenvalue weighted by Crippen LogP contribution is -2.54. The molecular weight excluding hydrogens is 767 g/mol. The van der Waals surface area contributed by atoms with Crippen LogP contribution in [-0.4, -0.2) is 107 Å². The van der Waals surface area contributed by atoms with Gasteiger partial charge >= 0.3 is 0 Å². The van der Waals surface area contributed by atoms with Crippen molar-refractivity contribution in [3.8, 4) is 17.0 Å². The van der Waals surface area contributed by atoms with Crippen molar-refractivity contribution in [2.24, 2.45) is 7.05 Å². The van der Waals surface area contributed by atoms with Crippen LogP contribution in [0.5, 0.6) is 5.88 Å². The van der Waals surface area contributed by atoms with Crippen LogP contribution in [0.25, 0.3) is 32.9 Å². The molecule has 3 aromatic heterocycles. The fourth-order valence-corrected chi connectivity index (χ4v) is 8.21. The molecule has 2 aromatic carbocycles. The first-order valence-corrected chi connectivity index (χ1v) is 19.9. The molecule has 3 aliphatic heterocycles. The highest BCUT2D eigenvalue weighted by atomic mass is 19.2. The number of fused-ring (bicyclic) bond motifs is 4. The van der Waals surface area contributed by atoms with Gasteiger partial charge in [-0.15, -0.1) is 0 Å². The first kappa shape index (κ1) is 38.7. The van der Waals surface area contributed by atoms with Crippen LogP contribution >= 0.6 is 0 Å². The summed E-state index contributed by atoms with van der Waals surface area (Å²) in [5.74, 6) is -3.50. The van der Waals surface area contributed by atoms with Crippen molar-refractivity contribution >= 4 is 51.1 Å². The predicted octanol–water partition coefficient (Wildman–Crippen LogP) is 5.10. The van der Waals surface area contributed by atoms with Crippen LogP contribution in [0.3, 0.4) is 0 Å². The first-order valence-electron chi connectivity index (χ1n) is 19.9. The smallest absolute Gasteiger partial charge is 0.262 e. The molecule has 16 heteroatoms. The Bertz CT molecular complexity index is 2460. The third-order valence-electron chi connectivity index (χ3n) is 11.6. The van der Waals surface area contributed by atoms with E-state index in [1.807, 2.05) is 11.6 Å². The van der Waals surface area contributed by atoms with Crippen molar-refractivity contribution in [3.05, 3.63) is 83.8 Å². The maximum atomic E-state index is 15.3. The normalized spacial score (nSPS) is 20.6. The number of imide groups is 2. The van der Waals surface area contributed by atoms with E-state index in [-0.39, 0.29) is 53.2 Å². The van der Waals surface area contributed by atoms with Crippen LogP contribution in [0.15, 0.2) is 61.1 Å². The molecule has 1 atom stereocenters. The van der Waals surface area contributed by atoms with E-state index in [2.05, 4.69) is 20.2 Å². The summed E-state index contributed by atoms with van der Waals surface area (Å²) in [6.45, 7) is 3.59. The van der Waals surface area contributed by atoms with E-state index in [0.29, 0.717) is 61.9 Å². The summed E-state index contributed by atoms with van der Waals surface area (Å²) in [4.78, 5) is 61.4. The number of hydrogen-bond donors (Lipinski definition) is 1. The second kappa shape index (κ2) is 16.1. The standard InChI is InChI=1S/C43H42F2N6O8/c1-49-33-10-11-46-21-32(33)38-35(49)19-30(39(44)40(38)45)24-4-9-37(47-20-24)59-27-17-26(18-27)57-14-2-12-56-13-3-15-58-28-22-50(23-28)25-5-6-29-31(16-25)43(55)51(42(29)54)34-7-8-36(52)48-41(34)53/h4-6,9-11,16,19-21,26-28,34H,2-3,7-8,12-15,17-18,22-23H2,1H3,(H,48,52,53)/t26-,27-,34?. The second-order valence-electron chi connectivity index (χ2n) is 15.4. The Balaban J connectivity index is 0.630. The summed E-state index contributed by atoms with van der Waals surface area (Å²) in [5.41, 5.74) is 3.24. The molecule has 1 N–H and O–H groups in total. The molecule has 0 radical (unpaired) electrons. The summed E-state index contributed by atoms with van der Waals surface area (Å²) in [5, 5.41) is 2.98. The van der Waals surface area contributed by atoms with Crippen LogP contribution in [0.4, 0.5) is 14.5 Å². The third kappa shape index (κ3) is 7.40. The topological polar surface area (TPSA) is 154 Å². The number of carbonyl (C=O) groups is 4. The predicted molar refractivity (Wildman–Crippen MR) is 210 cm³/mol. The van der Waals surface area contributed by atoms with E-state index in [0.717, 1.165) is 41.8 Å². The molecule has 306 valence electrons. The van der Waals surface area contributed by atoms with Crippen LogP contribution in [0, 0.1) is 11.6 Å². The molecule has 4 amide bonds. The number of piperidine rings is 1. The third-order valence-corrected chi connectivity index (χ3v) is 11.6. The van der Waals surface area contributed by atoms with Gasteiger partial charge in [0.2, 0.25) is 17.7 Å². The zero-order chi connectivity index (χ0) is 40.8. The highest BCUT2D eigenvalue weighted by Gasteiger charge is 2.45. The van der Waals surface area contributed by atoms with Gasteiger partial charge in [0.15, 0.2) is 11.6 Å². The number of rotatable bonds is 15. The number of benzene rings is 2. The maximum Gasteiger partial charge on any atom is 0.262 e. The Labute approximate surface area is 337 Å². The van der Waals surface area contributed by atoms with E-state index in [1.165, 1.54) is 6.20 Å². The summed E-state index contributed by atoms with van der Waals surface area (Å²) in [6, 6.07) is 10.9. The van der Waals surface area contributed by atoms with E-state index in [4.69, 9.17) is 18.9 Å². The fraction of sp³-hybridized carbons (Fsp3) is 0.395. The Hall–Kier alpha value is -5.84. The molecule has 5 aromatic rings. The van der Waals surface area contributed by atoms with Gasteiger partial charge in [0.25, 0.3) is 11.8 Å². The maximum absolute atomic E-state index is 15.3. The van der Waals surface area contributed by atoms with Crippen molar-refractivity contribution in [1.82, 2.24) is 24.8 Å². The zero-order valence-corrected chi connectivity index (χ0v) is 32.3. The van der Waals surface area contributed by atoms with Gasteiger partial charge in [0.05, 0.1) is 34.4 Å². The van der Waals surface area contributed by atoms with Crippen molar-refractivity contribution in [2.75, 3.05) is 44.4 Å². The zero-order valence-electron chi connectivity index (χ0n) is 32.3. The minimum Gasteiger partial charge on any atom is -0.474 e. The van der Waals surface area contributed by atoms with E-state index < -0.39 is 41.3 Å². The number of ether oxygens (including phenoxy) is 4. The summed E-state index contributed by atoms with van der Waals surface area (Å²) in [6.07, 6.45) is 7.97. The lowest BCUT2D eigenvalue weighted by atomic mass is 9.92. The van der Waals surface area contributed by atoms with Gasteiger partial charge in [0.1, 0.15) is 12.1 Å². The largest absolute Gasteiger partial charge is 0.474 e. The number of aromatic nitrogens is 3. The lowest BCUT2D eigenvalue weighted by molar-refractivity contribution is -0.136. The van der Waals surface area contributed by atoms with Gasteiger partial charge in [-0.2, -0.15) is 0 Å².